The van der Waals surface area contributed by atoms with Crippen LogP contribution in [0.25, 0.3) is 0 Å². The molecule has 1 fully saturated rings. The van der Waals surface area contributed by atoms with Gasteiger partial charge in [0.15, 0.2) is 0 Å². The Kier molecular flexibility index (Phi) is 6.84. The van der Waals surface area contributed by atoms with E-state index in [0.717, 1.165) is 24.9 Å². The summed E-state index contributed by atoms with van der Waals surface area (Å²) in [7, 11) is -2.82. The average Bonchev–Trinajstić information content (AvgIpc) is 2.27. The molecule has 0 radical (unpaired) electrons. The quantitative estimate of drug-likeness (QED) is 0.686. The highest BCUT2D eigenvalue weighted by Crippen LogP contribution is 2.20. The van der Waals surface area contributed by atoms with Gasteiger partial charge in [-0.1, -0.05) is 6.92 Å². The first-order chi connectivity index (χ1) is 8.01. The van der Waals surface area contributed by atoms with E-state index in [1.165, 1.54) is 25.0 Å². The zero-order valence-electron chi connectivity index (χ0n) is 10.8. The molecule has 1 heterocycles. The minimum absolute atomic E-state index is 0.237. The molecule has 1 aliphatic heterocycles. The molecule has 6 heteroatoms. The van der Waals surface area contributed by atoms with Gasteiger partial charge in [0.1, 0.15) is 9.84 Å². The molecular weight excluding hydrogens is 256 g/mol. The van der Waals surface area contributed by atoms with Crippen molar-refractivity contribution in [2.24, 2.45) is 0 Å². The van der Waals surface area contributed by atoms with Gasteiger partial charge in [0.25, 0.3) is 0 Å². The summed E-state index contributed by atoms with van der Waals surface area (Å²) in [6, 6.07) is 0. The fourth-order valence-corrected chi connectivity index (χ4v) is 3.61. The first-order valence-electron chi connectivity index (χ1n) is 6.23. The summed E-state index contributed by atoms with van der Waals surface area (Å²) in [6.07, 6.45) is 2.52. The molecule has 1 N–H and O–H groups in total. The Hall–Kier alpha value is 0.220. The van der Waals surface area contributed by atoms with Gasteiger partial charge < -0.3 is 10.2 Å². The van der Waals surface area contributed by atoms with E-state index in [2.05, 4.69) is 28.9 Å². The summed E-state index contributed by atoms with van der Waals surface area (Å²) >= 11 is 2.07. The van der Waals surface area contributed by atoms with Crippen LogP contribution in [-0.4, -0.2) is 69.1 Å². The van der Waals surface area contributed by atoms with Crippen LogP contribution >= 0.6 is 11.8 Å². The number of nitrogens with one attached hydrogen (secondary N) is 1. The van der Waals surface area contributed by atoms with Gasteiger partial charge in [-0.05, 0) is 6.42 Å². The molecular formula is C11H24N2O2S2. The molecule has 0 aromatic heterocycles. The predicted octanol–water partition coefficient (Wildman–Crippen LogP) is 0.448. The molecule has 0 aliphatic carbocycles. The Bertz CT molecular complexity index is 307. The van der Waals surface area contributed by atoms with Crippen molar-refractivity contribution >= 4 is 21.6 Å². The molecule has 1 atom stereocenters. The van der Waals surface area contributed by atoms with E-state index in [0.29, 0.717) is 6.54 Å². The number of thioether (sulfide) groups is 1. The summed E-state index contributed by atoms with van der Waals surface area (Å²) < 4.78 is 21.8. The van der Waals surface area contributed by atoms with Gasteiger partial charge in [0, 0.05) is 50.0 Å². The molecule has 0 bridgehead atoms. The van der Waals surface area contributed by atoms with E-state index in [9.17, 15) is 8.42 Å². The number of hydrogen-bond donors (Lipinski definition) is 1. The molecule has 0 aromatic rings. The fraction of sp³-hybridized carbons (Fsp3) is 1.00. The molecule has 0 spiro atoms. The first kappa shape index (κ1) is 15.3. The lowest BCUT2D eigenvalue weighted by molar-refractivity contribution is 0.281. The zero-order chi connectivity index (χ0) is 12.7. The maximum absolute atomic E-state index is 10.9. The van der Waals surface area contributed by atoms with Crippen LogP contribution in [0.5, 0.6) is 0 Å². The second kappa shape index (κ2) is 7.61. The van der Waals surface area contributed by atoms with Crippen molar-refractivity contribution in [2.75, 3.05) is 50.5 Å². The summed E-state index contributed by atoms with van der Waals surface area (Å²) in [5.41, 5.74) is 0. The van der Waals surface area contributed by atoms with Gasteiger partial charge in [-0.2, -0.15) is 11.8 Å². The van der Waals surface area contributed by atoms with Crippen molar-refractivity contribution in [1.29, 1.82) is 0 Å². The lowest BCUT2D eigenvalue weighted by atomic mass is 10.3. The number of nitrogens with zero attached hydrogens (tertiary/aromatic N) is 1. The molecule has 1 rings (SSSR count). The Morgan fingerprint density at radius 3 is 2.82 bits per heavy atom. The first-order valence-corrected chi connectivity index (χ1v) is 9.34. The monoisotopic (exact) mass is 280 g/mol. The van der Waals surface area contributed by atoms with E-state index in [1.807, 2.05) is 0 Å². The van der Waals surface area contributed by atoms with Crippen LogP contribution < -0.4 is 5.32 Å². The highest BCUT2D eigenvalue weighted by molar-refractivity contribution is 8.00. The standard InChI is InChI=1S/C11H24N2O2S2/c1-3-11-10-13(7-8-16-11)6-4-12-5-9-17(2,14)15/h11-12H,3-10H2,1-2H3. The van der Waals surface area contributed by atoms with Crippen LogP contribution in [0.3, 0.4) is 0 Å². The Balaban J connectivity index is 2.06. The van der Waals surface area contributed by atoms with Crippen LogP contribution in [-0.2, 0) is 9.84 Å². The Morgan fingerprint density at radius 2 is 2.18 bits per heavy atom. The highest BCUT2D eigenvalue weighted by atomic mass is 32.2. The van der Waals surface area contributed by atoms with E-state index in [-0.39, 0.29) is 5.75 Å². The Labute approximate surface area is 109 Å². The third-order valence-corrected chi connectivity index (χ3v) is 5.25. The fourth-order valence-electron chi connectivity index (χ4n) is 1.85. The van der Waals surface area contributed by atoms with Crippen molar-refractivity contribution in [3.05, 3.63) is 0 Å². The summed E-state index contributed by atoms with van der Waals surface area (Å²) in [5, 5.41) is 3.97. The summed E-state index contributed by atoms with van der Waals surface area (Å²) in [6.45, 7) is 7.06. The van der Waals surface area contributed by atoms with Crippen LogP contribution in [0.4, 0.5) is 0 Å². The van der Waals surface area contributed by atoms with Crippen LogP contribution in [0.1, 0.15) is 13.3 Å². The SMILES string of the molecule is CCC1CN(CCNCCS(C)(=O)=O)CCS1. The van der Waals surface area contributed by atoms with Crippen molar-refractivity contribution in [3.63, 3.8) is 0 Å². The summed E-state index contributed by atoms with van der Waals surface area (Å²) in [5.74, 6) is 1.46. The lowest BCUT2D eigenvalue weighted by Crippen LogP contribution is -2.41. The summed E-state index contributed by atoms with van der Waals surface area (Å²) in [4.78, 5) is 2.47. The van der Waals surface area contributed by atoms with Gasteiger partial charge in [0.2, 0.25) is 0 Å². The largest absolute Gasteiger partial charge is 0.314 e. The highest BCUT2D eigenvalue weighted by Gasteiger charge is 2.17. The van der Waals surface area contributed by atoms with Crippen LogP contribution in [0.15, 0.2) is 0 Å². The molecule has 1 unspecified atom stereocenters. The normalized spacial score (nSPS) is 22.8. The molecule has 1 aliphatic rings. The zero-order valence-corrected chi connectivity index (χ0v) is 12.4. The minimum Gasteiger partial charge on any atom is -0.314 e. The van der Waals surface area contributed by atoms with Crippen LogP contribution in [0, 0.1) is 0 Å². The maximum atomic E-state index is 10.9. The van der Waals surface area contributed by atoms with E-state index >= 15 is 0 Å². The molecule has 0 saturated carbocycles. The van der Waals surface area contributed by atoms with Crippen LogP contribution in [0.2, 0.25) is 0 Å². The molecule has 4 nitrogen and oxygen atoms in total. The minimum atomic E-state index is -2.82. The second-order valence-corrected chi connectivity index (χ2v) is 8.25. The van der Waals surface area contributed by atoms with Gasteiger partial charge in [-0.25, -0.2) is 8.42 Å². The van der Waals surface area contributed by atoms with Crippen molar-refractivity contribution in [3.8, 4) is 0 Å². The molecule has 0 amide bonds. The van der Waals surface area contributed by atoms with Crippen molar-refractivity contribution in [1.82, 2.24) is 10.2 Å². The third-order valence-electron chi connectivity index (χ3n) is 2.93. The number of hydrogen-bond acceptors (Lipinski definition) is 5. The smallest absolute Gasteiger partial charge is 0.148 e. The molecule has 0 aromatic carbocycles. The van der Waals surface area contributed by atoms with Crippen molar-refractivity contribution in [2.45, 2.75) is 18.6 Å². The predicted molar refractivity (Wildman–Crippen MR) is 75.6 cm³/mol. The van der Waals surface area contributed by atoms with E-state index in [4.69, 9.17) is 0 Å². The van der Waals surface area contributed by atoms with E-state index in [1.54, 1.807) is 0 Å². The number of sulfone groups is 1. The van der Waals surface area contributed by atoms with Gasteiger partial charge >= 0.3 is 0 Å². The van der Waals surface area contributed by atoms with Gasteiger partial charge in [0.05, 0.1) is 5.75 Å². The average molecular weight is 280 g/mol. The molecule has 1 saturated heterocycles. The van der Waals surface area contributed by atoms with E-state index < -0.39 is 9.84 Å². The number of rotatable bonds is 7. The Morgan fingerprint density at radius 1 is 1.41 bits per heavy atom. The molecule has 17 heavy (non-hydrogen) atoms. The van der Waals surface area contributed by atoms with Crippen molar-refractivity contribution < 1.29 is 8.42 Å². The topological polar surface area (TPSA) is 49.4 Å². The molecule has 102 valence electrons. The second-order valence-electron chi connectivity index (χ2n) is 4.58. The van der Waals surface area contributed by atoms with Gasteiger partial charge in [-0.15, -0.1) is 0 Å². The maximum Gasteiger partial charge on any atom is 0.148 e. The lowest BCUT2D eigenvalue weighted by Gasteiger charge is -2.31. The van der Waals surface area contributed by atoms with Gasteiger partial charge in [-0.3, -0.25) is 0 Å². The third kappa shape index (κ3) is 7.28.